The van der Waals surface area contributed by atoms with Crippen molar-refractivity contribution < 1.29 is 9.53 Å². The average molecular weight is 284 g/mol. The standard InChI is InChI=1S/C16H28O2S/c1-3-4-5-6-7-8-16(17)19-11-13-10-15-14(18-15)9-12(13)2/h12-15H,3-11H2,1-2H3. The summed E-state index contributed by atoms with van der Waals surface area (Å²) in [4.78, 5) is 11.8. The number of thioether (sulfide) groups is 1. The SMILES string of the molecule is CCCCCCCC(=O)SCC1CC2OC2CC1C. The van der Waals surface area contributed by atoms with Gasteiger partial charge in [-0.15, -0.1) is 0 Å². The van der Waals surface area contributed by atoms with Crippen LogP contribution >= 0.6 is 11.8 Å². The molecule has 4 unspecified atom stereocenters. The van der Waals surface area contributed by atoms with Gasteiger partial charge in [-0.25, -0.2) is 0 Å². The van der Waals surface area contributed by atoms with Gasteiger partial charge in [0.15, 0.2) is 5.12 Å². The van der Waals surface area contributed by atoms with E-state index in [-0.39, 0.29) is 0 Å². The fourth-order valence-electron chi connectivity index (χ4n) is 3.06. The minimum Gasteiger partial charge on any atom is -0.370 e. The zero-order valence-electron chi connectivity index (χ0n) is 12.4. The van der Waals surface area contributed by atoms with E-state index in [0.29, 0.717) is 23.2 Å². The first kappa shape index (κ1) is 15.4. The Labute approximate surface area is 122 Å². The molecule has 110 valence electrons. The summed E-state index contributed by atoms with van der Waals surface area (Å²) in [6.07, 6.45) is 10.4. The lowest BCUT2D eigenvalue weighted by Crippen LogP contribution is -2.24. The lowest BCUT2D eigenvalue weighted by atomic mass is 9.82. The van der Waals surface area contributed by atoms with Gasteiger partial charge in [0, 0.05) is 12.2 Å². The number of ether oxygens (including phenoxy) is 1. The Morgan fingerprint density at radius 3 is 2.68 bits per heavy atom. The van der Waals surface area contributed by atoms with E-state index >= 15 is 0 Å². The Bertz CT molecular complexity index is 292. The second-order valence-electron chi connectivity index (χ2n) is 6.27. The zero-order chi connectivity index (χ0) is 13.7. The summed E-state index contributed by atoms with van der Waals surface area (Å²) in [6, 6.07) is 0. The second-order valence-corrected chi connectivity index (χ2v) is 7.35. The molecular formula is C16H28O2S. The molecule has 2 nitrogen and oxygen atoms in total. The molecule has 1 saturated carbocycles. The molecular weight excluding hydrogens is 256 g/mol. The molecule has 2 rings (SSSR count). The van der Waals surface area contributed by atoms with Crippen molar-refractivity contribution in [3.63, 3.8) is 0 Å². The Morgan fingerprint density at radius 1 is 1.16 bits per heavy atom. The number of fused-ring (bicyclic) bond motifs is 1. The molecule has 2 aliphatic rings. The van der Waals surface area contributed by atoms with Crippen molar-refractivity contribution in [2.24, 2.45) is 11.8 Å². The largest absolute Gasteiger partial charge is 0.370 e. The van der Waals surface area contributed by atoms with Crippen molar-refractivity contribution in [1.82, 2.24) is 0 Å². The minimum atomic E-state index is 0.405. The van der Waals surface area contributed by atoms with E-state index in [1.54, 1.807) is 11.8 Å². The van der Waals surface area contributed by atoms with Crippen LogP contribution in [0.3, 0.4) is 0 Å². The number of carbonyl (C=O) groups is 1. The summed E-state index contributed by atoms with van der Waals surface area (Å²) < 4.78 is 5.59. The number of epoxide rings is 1. The van der Waals surface area contributed by atoms with E-state index in [4.69, 9.17) is 4.74 Å². The van der Waals surface area contributed by atoms with E-state index in [1.807, 2.05) is 0 Å². The van der Waals surface area contributed by atoms with Crippen molar-refractivity contribution >= 4 is 16.9 Å². The molecule has 0 amide bonds. The van der Waals surface area contributed by atoms with Gasteiger partial charge in [-0.1, -0.05) is 51.3 Å². The Balaban J connectivity index is 1.53. The molecule has 1 aliphatic carbocycles. The summed E-state index contributed by atoms with van der Waals surface area (Å²) in [5.41, 5.74) is 0. The summed E-state index contributed by atoms with van der Waals surface area (Å²) >= 11 is 1.58. The Hall–Kier alpha value is -0.0200. The Morgan fingerprint density at radius 2 is 1.89 bits per heavy atom. The molecule has 3 heteroatoms. The van der Waals surface area contributed by atoms with Crippen molar-refractivity contribution in [2.75, 3.05) is 5.75 Å². The maximum atomic E-state index is 11.8. The van der Waals surface area contributed by atoms with Crippen LogP contribution in [0.4, 0.5) is 0 Å². The molecule has 4 atom stereocenters. The van der Waals surface area contributed by atoms with E-state index in [1.165, 1.54) is 38.5 Å². The van der Waals surface area contributed by atoms with Crippen LogP contribution in [0.5, 0.6) is 0 Å². The third-order valence-electron chi connectivity index (χ3n) is 4.57. The molecule has 1 heterocycles. The number of carbonyl (C=O) groups excluding carboxylic acids is 1. The molecule has 1 aliphatic heterocycles. The maximum Gasteiger partial charge on any atom is 0.188 e. The fourth-order valence-corrected chi connectivity index (χ4v) is 4.21. The highest BCUT2D eigenvalue weighted by molar-refractivity contribution is 8.13. The van der Waals surface area contributed by atoms with Gasteiger partial charge in [0.1, 0.15) is 0 Å². The van der Waals surface area contributed by atoms with Crippen LogP contribution in [0.15, 0.2) is 0 Å². The molecule has 0 spiro atoms. The van der Waals surface area contributed by atoms with Crippen LogP contribution in [0.25, 0.3) is 0 Å². The first-order chi connectivity index (χ1) is 9.20. The van der Waals surface area contributed by atoms with Crippen LogP contribution in [0, 0.1) is 11.8 Å². The van der Waals surface area contributed by atoms with Gasteiger partial charge in [-0.2, -0.15) is 0 Å². The quantitative estimate of drug-likeness (QED) is 0.488. The number of unbranched alkanes of at least 4 members (excludes halogenated alkanes) is 4. The molecule has 2 fully saturated rings. The first-order valence-electron chi connectivity index (χ1n) is 8.01. The third kappa shape index (κ3) is 5.11. The van der Waals surface area contributed by atoms with Gasteiger partial charge in [0.25, 0.3) is 0 Å². The summed E-state index contributed by atoms with van der Waals surface area (Å²) in [5.74, 6) is 2.44. The van der Waals surface area contributed by atoms with Crippen LogP contribution < -0.4 is 0 Å². The van der Waals surface area contributed by atoms with Crippen LogP contribution in [-0.2, 0) is 9.53 Å². The predicted octanol–water partition coefficient (Wildman–Crippen LogP) is 4.42. The fraction of sp³-hybridized carbons (Fsp3) is 0.938. The highest BCUT2D eigenvalue weighted by Gasteiger charge is 2.46. The summed E-state index contributed by atoms with van der Waals surface area (Å²) in [6.45, 7) is 4.54. The topological polar surface area (TPSA) is 29.6 Å². The summed E-state index contributed by atoms with van der Waals surface area (Å²) in [5, 5.41) is 0.405. The monoisotopic (exact) mass is 284 g/mol. The van der Waals surface area contributed by atoms with Crippen molar-refractivity contribution in [1.29, 1.82) is 0 Å². The van der Waals surface area contributed by atoms with Gasteiger partial charge in [0.05, 0.1) is 12.2 Å². The molecule has 19 heavy (non-hydrogen) atoms. The predicted molar refractivity (Wildman–Crippen MR) is 81.4 cm³/mol. The number of hydrogen-bond acceptors (Lipinski definition) is 3. The van der Waals surface area contributed by atoms with Crippen LogP contribution in [-0.4, -0.2) is 23.1 Å². The number of hydrogen-bond donors (Lipinski definition) is 0. The lowest BCUT2D eigenvalue weighted by Gasteiger charge is -2.25. The highest BCUT2D eigenvalue weighted by Crippen LogP contribution is 2.43. The van der Waals surface area contributed by atoms with E-state index in [2.05, 4.69) is 13.8 Å². The van der Waals surface area contributed by atoms with Crippen molar-refractivity contribution in [2.45, 2.75) is 77.4 Å². The lowest BCUT2D eigenvalue weighted by molar-refractivity contribution is -0.111. The molecule has 0 aromatic carbocycles. The first-order valence-corrected chi connectivity index (χ1v) is 9.00. The average Bonchev–Trinajstić information content (AvgIpc) is 3.13. The smallest absolute Gasteiger partial charge is 0.188 e. The molecule has 0 radical (unpaired) electrons. The Kier molecular flexibility index (Phi) is 6.21. The zero-order valence-corrected chi connectivity index (χ0v) is 13.2. The maximum absolute atomic E-state index is 11.8. The second kappa shape index (κ2) is 7.68. The van der Waals surface area contributed by atoms with Crippen molar-refractivity contribution in [3.8, 4) is 0 Å². The third-order valence-corrected chi connectivity index (χ3v) is 5.70. The van der Waals surface area contributed by atoms with E-state index in [0.717, 1.165) is 24.5 Å². The van der Waals surface area contributed by atoms with Gasteiger partial charge in [0.2, 0.25) is 0 Å². The van der Waals surface area contributed by atoms with Gasteiger partial charge < -0.3 is 4.74 Å². The number of rotatable bonds is 8. The molecule has 1 saturated heterocycles. The van der Waals surface area contributed by atoms with Gasteiger partial charge >= 0.3 is 0 Å². The van der Waals surface area contributed by atoms with Gasteiger partial charge in [-0.05, 0) is 31.1 Å². The van der Waals surface area contributed by atoms with E-state index in [9.17, 15) is 4.79 Å². The van der Waals surface area contributed by atoms with E-state index < -0.39 is 0 Å². The highest BCUT2D eigenvalue weighted by atomic mass is 32.2. The normalized spacial score (nSPS) is 32.9. The molecule has 0 bridgehead atoms. The minimum absolute atomic E-state index is 0.405. The van der Waals surface area contributed by atoms with Crippen molar-refractivity contribution in [3.05, 3.63) is 0 Å². The molecule has 0 aromatic rings. The molecule has 0 N–H and O–H groups in total. The van der Waals surface area contributed by atoms with Crippen LogP contribution in [0.2, 0.25) is 0 Å². The van der Waals surface area contributed by atoms with Crippen LogP contribution in [0.1, 0.15) is 65.2 Å². The van der Waals surface area contributed by atoms with Gasteiger partial charge in [-0.3, -0.25) is 4.79 Å². The summed E-state index contributed by atoms with van der Waals surface area (Å²) in [7, 11) is 0. The molecule has 0 aromatic heterocycles.